The molecule has 8 heteroatoms. The number of nitrogens with one attached hydrogen (secondary N) is 1. The van der Waals surface area contributed by atoms with Gasteiger partial charge in [0.2, 0.25) is 10.0 Å². The zero-order chi connectivity index (χ0) is 12.1. The second-order valence-electron chi connectivity index (χ2n) is 3.28. The van der Waals surface area contributed by atoms with Crippen LogP contribution in [0.3, 0.4) is 0 Å². The smallest absolute Gasteiger partial charge is 0.320 e. The Labute approximate surface area is 89.3 Å². The van der Waals surface area contributed by atoms with Gasteiger partial charge in [-0.3, -0.25) is 4.79 Å². The van der Waals surface area contributed by atoms with Crippen LogP contribution in [0.25, 0.3) is 0 Å². The van der Waals surface area contributed by atoms with Crippen molar-refractivity contribution >= 4 is 21.6 Å². The van der Waals surface area contributed by atoms with E-state index in [0.717, 1.165) is 12.1 Å². The van der Waals surface area contributed by atoms with E-state index in [1.807, 2.05) is 5.32 Å². The third-order valence-electron chi connectivity index (χ3n) is 2.19. The van der Waals surface area contributed by atoms with E-state index >= 15 is 0 Å². The normalized spacial score (nSPS) is 18.1. The van der Waals surface area contributed by atoms with E-state index in [-0.39, 0.29) is 5.69 Å². The number of rotatable bonds is 1. The van der Waals surface area contributed by atoms with Gasteiger partial charge in [0, 0.05) is 0 Å². The minimum absolute atomic E-state index is 0.109. The zero-order valence-electron chi connectivity index (χ0n) is 7.70. The average molecular weight is 248 g/mol. The van der Waals surface area contributed by atoms with Crippen molar-refractivity contribution < 1.29 is 22.0 Å². The molecule has 1 aliphatic heterocycles. The molecule has 0 atom stereocenters. The van der Waals surface area contributed by atoms with Gasteiger partial charge in [0.25, 0.3) is 5.91 Å². The highest BCUT2D eigenvalue weighted by Crippen LogP contribution is 2.41. The second-order valence-corrected chi connectivity index (χ2v) is 4.84. The van der Waals surface area contributed by atoms with Crippen LogP contribution in [-0.4, -0.2) is 14.3 Å². The maximum Gasteiger partial charge on any atom is 0.352 e. The van der Waals surface area contributed by atoms with E-state index in [2.05, 4.69) is 0 Å². The molecule has 2 rings (SSSR count). The lowest BCUT2D eigenvalue weighted by Crippen LogP contribution is -2.24. The second kappa shape index (κ2) is 2.98. The van der Waals surface area contributed by atoms with E-state index < -0.39 is 32.3 Å². The Kier molecular flexibility index (Phi) is 2.04. The van der Waals surface area contributed by atoms with Gasteiger partial charge in [-0.05, 0) is 18.2 Å². The van der Waals surface area contributed by atoms with Gasteiger partial charge in [-0.1, -0.05) is 0 Å². The summed E-state index contributed by atoms with van der Waals surface area (Å²) in [7, 11) is -4.06. The molecule has 0 bridgehead atoms. The number of carbonyl (C=O) groups excluding carboxylic acids is 1. The molecule has 0 fully saturated rings. The maximum absolute atomic E-state index is 13.3. The first kappa shape index (κ1) is 11.0. The van der Waals surface area contributed by atoms with Crippen LogP contribution in [0.15, 0.2) is 23.1 Å². The lowest BCUT2D eigenvalue weighted by molar-refractivity contribution is -0.139. The summed E-state index contributed by atoms with van der Waals surface area (Å²) in [6.45, 7) is 0. The number of hydrogen-bond donors (Lipinski definition) is 2. The average Bonchev–Trinajstić information content (AvgIpc) is 2.37. The highest BCUT2D eigenvalue weighted by Gasteiger charge is 2.48. The topological polar surface area (TPSA) is 89.3 Å². The fourth-order valence-corrected chi connectivity index (χ4v) is 1.93. The van der Waals surface area contributed by atoms with Crippen LogP contribution in [0.4, 0.5) is 14.5 Å². The summed E-state index contributed by atoms with van der Waals surface area (Å²) in [6, 6.07) is 2.83. The highest BCUT2D eigenvalue weighted by molar-refractivity contribution is 7.89. The van der Waals surface area contributed by atoms with Crippen molar-refractivity contribution in [3.8, 4) is 0 Å². The van der Waals surface area contributed by atoms with Crippen molar-refractivity contribution in [2.45, 2.75) is 10.8 Å². The molecular formula is C8H6F2N2O3S. The molecule has 0 unspecified atom stereocenters. The van der Waals surface area contributed by atoms with Crippen LogP contribution in [0.5, 0.6) is 0 Å². The van der Waals surface area contributed by atoms with Gasteiger partial charge in [0.15, 0.2) is 0 Å². The molecule has 0 radical (unpaired) electrons. The lowest BCUT2D eigenvalue weighted by Gasteiger charge is -2.07. The number of carbonyl (C=O) groups is 1. The third kappa shape index (κ3) is 1.46. The van der Waals surface area contributed by atoms with Crippen molar-refractivity contribution in [2.75, 3.05) is 5.32 Å². The van der Waals surface area contributed by atoms with Crippen molar-refractivity contribution in [1.82, 2.24) is 0 Å². The number of amides is 1. The van der Waals surface area contributed by atoms with Crippen molar-refractivity contribution in [3.05, 3.63) is 23.8 Å². The number of anilines is 1. The summed E-state index contributed by atoms with van der Waals surface area (Å²) in [5.74, 6) is -5.20. The van der Waals surface area contributed by atoms with Crippen LogP contribution in [0, 0.1) is 0 Å². The van der Waals surface area contributed by atoms with E-state index in [4.69, 9.17) is 5.14 Å². The summed E-state index contributed by atoms with van der Waals surface area (Å²) < 4.78 is 48.4. The molecular weight excluding hydrogens is 242 g/mol. The molecule has 5 nitrogen and oxygen atoms in total. The highest BCUT2D eigenvalue weighted by atomic mass is 32.2. The summed E-state index contributed by atoms with van der Waals surface area (Å²) in [5.41, 5.74) is -0.786. The van der Waals surface area contributed by atoms with E-state index in [9.17, 15) is 22.0 Å². The molecule has 0 aliphatic carbocycles. The lowest BCUT2D eigenvalue weighted by atomic mass is 10.1. The first-order chi connectivity index (χ1) is 7.23. The largest absolute Gasteiger partial charge is 0.352 e. The Morgan fingerprint density at radius 3 is 2.50 bits per heavy atom. The van der Waals surface area contributed by atoms with E-state index in [1.54, 1.807) is 0 Å². The number of sulfonamides is 1. The molecule has 1 aromatic rings. The molecule has 1 aliphatic rings. The Bertz CT molecular complexity index is 583. The number of hydrogen-bond acceptors (Lipinski definition) is 3. The first-order valence-corrected chi connectivity index (χ1v) is 5.64. The van der Waals surface area contributed by atoms with Crippen LogP contribution in [0.1, 0.15) is 5.56 Å². The fourth-order valence-electron chi connectivity index (χ4n) is 1.39. The fraction of sp³-hybridized carbons (Fsp3) is 0.125. The van der Waals surface area contributed by atoms with Gasteiger partial charge in [-0.15, -0.1) is 0 Å². The predicted octanol–water partition coefficient (Wildman–Crippen LogP) is 0.378. The molecule has 1 aromatic carbocycles. The van der Waals surface area contributed by atoms with Gasteiger partial charge in [-0.25, -0.2) is 13.6 Å². The SMILES string of the molecule is NS(=O)(=O)c1ccc2c(c1)C(F)(F)C(=O)N2. The molecule has 1 heterocycles. The van der Waals surface area contributed by atoms with Gasteiger partial charge in [0.05, 0.1) is 16.1 Å². The zero-order valence-corrected chi connectivity index (χ0v) is 8.51. The summed E-state index contributed by atoms with van der Waals surface area (Å²) in [4.78, 5) is 10.4. The molecule has 16 heavy (non-hydrogen) atoms. The molecule has 3 N–H and O–H groups in total. The van der Waals surface area contributed by atoms with Crippen molar-refractivity contribution in [3.63, 3.8) is 0 Å². The van der Waals surface area contributed by atoms with Crippen molar-refractivity contribution in [1.29, 1.82) is 0 Å². The Morgan fingerprint density at radius 2 is 1.94 bits per heavy atom. The van der Waals surface area contributed by atoms with Crippen molar-refractivity contribution in [2.24, 2.45) is 5.14 Å². The van der Waals surface area contributed by atoms with E-state index in [1.165, 1.54) is 0 Å². The molecule has 0 saturated heterocycles. The third-order valence-corrected chi connectivity index (χ3v) is 3.10. The number of nitrogens with two attached hydrogens (primary N) is 1. The Balaban J connectivity index is 2.66. The monoisotopic (exact) mass is 248 g/mol. The number of benzene rings is 1. The molecule has 1 amide bonds. The summed E-state index contributed by atoms with van der Waals surface area (Å²) in [5, 5.41) is 6.74. The molecule has 86 valence electrons. The number of primary sulfonamides is 1. The first-order valence-electron chi connectivity index (χ1n) is 4.09. The quantitative estimate of drug-likeness (QED) is 0.752. The van der Waals surface area contributed by atoms with Crippen LogP contribution >= 0.6 is 0 Å². The number of halogens is 2. The van der Waals surface area contributed by atoms with Crippen LogP contribution < -0.4 is 10.5 Å². The van der Waals surface area contributed by atoms with Gasteiger partial charge >= 0.3 is 5.92 Å². The minimum Gasteiger partial charge on any atom is -0.320 e. The summed E-state index contributed by atoms with van der Waals surface area (Å²) in [6.07, 6.45) is 0. The Hall–Kier alpha value is -1.54. The summed E-state index contributed by atoms with van der Waals surface area (Å²) >= 11 is 0. The van der Waals surface area contributed by atoms with Crippen LogP contribution in [0.2, 0.25) is 0 Å². The van der Waals surface area contributed by atoms with Crippen LogP contribution in [-0.2, 0) is 20.7 Å². The van der Waals surface area contributed by atoms with E-state index in [0.29, 0.717) is 6.07 Å². The maximum atomic E-state index is 13.3. The molecule has 0 spiro atoms. The number of fused-ring (bicyclic) bond motifs is 1. The Morgan fingerprint density at radius 1 is 1.31 bits per heavy atom. The van der Waals surface area contributed by atoms with Gasteiger partial charge in [0.1, 0.15) is 0 Å². The van der Waals surface area contributed by atoms with Gasteiger partial charge in [-0.2, -0.15) is 8.78 Å². The number of alkyl halides is 2. The standard InChI is InChI=1S/C8H6F2N2O3S/c9-8(10)5-3-4(16(11,14)15)1-2-6(5)12-7(8)13/h1-3H,(H,12,13)(H2,11,14,15). The predicted molar refractivity (Wildman–Crippen MR) is 50.3 cm³/mol. The minimum atomic E-state index is -4.06. The molecule has 0 aromatic heterocycles. The van der Waals surface area contributed by atoms with Gasteiger partial charge < -0.3 is 5.32 Å². The molecule has 0 saturated carbocycles.